The third-order valence-electron chi connectivity index (χ3n) is 6.88. The summed E-state index contributed by atoms with van der Waals surface area (Å²) in [7, 11) is 1.52. The Morgan fingerprint density at radius 3 is 2.62 bits per heavy atom. The summed E-state index contributed by atoms with van der Waals surface area (Å²) in [5.41, 5.74) is -0.247. The van der Waals surface area contributed by atoms with Crippen LogP contribution in [-0.2, 0) is 9.53 Å². The third kappa shape index (κ3) is 1.61. The minimum absolute atomic E-state index is 0.0406. The molecule has 2 N–H and O–H groups in total. The number of carboxylic acid groups (broad SMARTS) is 1. The predicted molar refractivity (Wildman–Crippen MR) is 78.8 cm³/mol. The molecule has 0 aromatic heterocycles. The number of fused-ring (bicyclic) bond motifs is 1. The van der Waals surface area contributed by atoms with Gasteiger partial charge in [-0.1, -0.05) is 20.8 Å². The van der Waals surface area contributed by atoms with Gasteiger partial charge in [0, 0.05) is 12.5 Å². The number of allylic oxidation sites excluding steroid dienone is 1. The van der Waals surface area contributed by atoms with Gasteiger partial charge in [0.2, 0.25) is 0 Å². The number of methoxy groups -OCH3 is 1. The summed E-state index contributed by atoms with van der Waals surface area (Å²) < 4.78 is 5.16. The molecule has 4 heteroatoms. The van der Waals surface area contributed by atoms with Gasteiger partial charge in [-0.15, -0.1) is 0 Å². The van der Waals surface area contributed by atoms with Crippen LogP contribution in [0, 0.1) is 22.7 Å². The van der Waals surface area contributed by atoms with Crippen LogP contribution >= 0.6 is 0 Å². The topological polar surface area (TPSA) is 66.8 Å². The summed E-state index contributed by atoms with van der Waals surface area (Å²) in [5, 5.41) is 20.7. The highest BCUT2D eigenvalue weighted by Crippen LogP contribution is 2.74. The number of rotatable bonds is 3. The van der Waals surface area contributed by atoms with Gasteiger partial charge in [-0.05, 0) is 48.5 Å². The van der Waals surface area contributed by atoms with E-state index in [-0.39, 0.29) is 23.0 Å². The summed E-state index contributed by atoms with van der Waals surface area (Å²) in [6.45, 7) is 6.81. The van der Waals surface area contributed by atoms with Crippen LogP contribution in [0.5, 0.6) is 0 Å². The van der Waals surface area contributed by atoms with Crippen molar-refractivity contribution in [3.05, 3.63) is 11.1 Å². The SMILES string of the molecule is COC[C@@]1(O)C[C@@]23C(=C1C(=O)O)C[C@@H](CC[C@H]2C)C3(C)C. The van der Waals surface area contributed by atoms with Gasteiger partial charge in [0.15, 0.2) is 0 Å². The lowest BCUT2D eigenvalue weighted by Gasteiger charge is -2.52. The molecule has 4 atom stereocenters. The number of ether oxygens (including phenoxy) is 1. The van der Waals surface area contributed by atoms with Gasteiger partial charge in [-0.2, -0.15) is 0 Å². The fourth-order valence-corrected chi connectivity index (χ4v) is 5.88. The van der Waals surface area contributed by atoms with Gasteiger partial charge in [-0.25, -0.2) is 4.79 Å². The Labute approximate surface area is 126 Å². The molecule has 3 aliphatic rings. The minimum Gasteiger partial charge on any atom is -0.478 e. The van der Waals surface area contributed by atoms with E-state index in [1.165, 1.54) is 7.11 Å². The standard InChI is InChI=1S/C17H26O4/c1-10-5-6-11-7-12-13(14(18)19)16(20,9-21-4)8-17(10,12)15(11,2)3/h10-11,20H,5-9H2,1-4H3,(H,18,19)/t10-,11-,16+,17+/m1/s1. The van der Waals surface area contributed by atoms with E-state index in [1.54, 1.807) is 0 Å². The summed E-state index contributed by atoms with van der Waals surface area (Å²) in [6, 6.07) is 0. The Balaban J connectivity index is 2.23. The van der Waals surface area contributed by atoms with Crippen molar-refractivity contribution in [3.8, 4) is 0 Å². The molecule has 2 saturated carbocycles. The van der Waals surface area contributed by atoms with Crippen molar-refractivity contribution in [2.45, 2.75) is 52.1 Å². The molecular weight excluding hydrogens is 268 g/mol. The van der Waals surface area contributed by atoms with Crippen LogP contribution in [0.4, 0.5) is 0 Å². The lowest BCUT2D eigenvalue weighted by atomic mass is 9.52. The van der Waals surface area contributed by atoms with Crippen molar-refractivity contribution in [3.63, 3.8) is 0 Å². The minimum atomic E-state index is -1.34. The smallest absolute Gasteiger partial charge is 0.334 e. The predicted octanol–water partition coefficient (Wildman–Crippen LogP) is 2.61. The number of aliphatic carboxylic acids is 1. The van der Waals surface area contributed by atoms with Gasteiger partial charge < -0.3 is 14.9 Å². The molecule has 0 unspecified atom stereocenters. The maximum absolute atomic E-state index is 11.9. The third-order valence-corrected chi connectivity index (χ3v) is 6.88. The molecule has 3 rings (SSSR count). The fraction of sp³-hybridized carbons (Fsp3) is 0.824. The molecule has 2 fully saturated rings. The van der Waals surface area contributed by atoms with Crippen molar-refractivity contribution in [2.75, 3.05) is 13.7 Å². The molecule has 0 aromatic rings. The van der Waals surface area contributed by atoms with E-state index in [0.717, 1.165) is 24.8 Å². The van der Waals surface area contributed by atoms with E-state index in [1.807, 2.05) is 0 Å². The highest BCUT2D eigenvalue weighted by molar-refractivity contribution is 5.91. The van der Waals surface area contributed by atoms with Gasteiger partial charge in [0.05, 0.1) is 12.2 Å². The van der Waals surface area contributed by atoms with Gasteiger partial charge >= 0.3 is 5.97 Å². The Morgan fingerprint density at radius 2 is 2.05 bits per heavy atom. The van der Waals surface area contributed by atoms with Crippen LogP contribution in [-0.4, -0.2) is 35.5 Å². The summed E-state index contributed by atoms with van der Waals surface area (Å²) >= 11 is 0. The summed E-state index contributed by atoms with van der Waals surface area (Å²) in [4.78, 5) is 11.9. The van der Waals surface area contributed by atoms with Crippen LogP contribution in [0.1, 0.15) is 46.5 Å². The van der Waals surface area contributed by atoms with Crippen molar-refractivity contribution in [1.82, 2.24) is 0 Å². The molecule has 2 bridgehead atoms. The quantitative estimate of drug-likeness (QED) is 0.839. The highest BCUT2D eigenvalue weighted by atomic mass is 16.5. The molecule has 0 radical (unpaired) electrons. The molecule has 118 valence electrons. The van der Waals surface area contributed by atoms with Gasteiger partial charge in [0.1, 0.15) is 5.60 Å². The van der Waals surface area contributed by atoms with Crippen LogP contribution in [0.2, 0.25) is 0 Å². The summed E-state index contributed by atoms with van der Waals surface area (Å²) in [6.07, 6.45) is 3.60. The molecule has 0 heterocycles. The lowest BCUT2D eigenvalue weighted by Crippen LogP contribution is -2.48. The van der Waals surface area contributed by atoms with E-state index in [9.17, 15) is 15.0 Å². The molecule has 0 aromatic carbocycles. The second-order valence-electron chi connectivity index (χ2n) is 7.87. The second kappa shape index (κ2) is 4.32. The first-order chi connectivity index (χ1) is 9.70. The number of aliphatic hydroxyl groups is 1. The average molecular weight is 294 g/mol. The average Bonchev–Trinajstić information content (AvgIpc) is 2.67. The van der Waals surface area contributed by atoms with Crippen molar-refractivity contribution >= 4 is 5.97 Å². The maximum atomic E-state index is 11.9. The van der Waals surface area contributed by atoms with E-state index in [0.29, 0.717) is 18.3 Å². The van der Waals surface area contributed by atoms with Crippen molar-refractivity contribution in [2.24, 2.45) is 22.7 Å². The van der Waals surface area contributed by atoms with E-state index >= 15 is 0 Å². The van der Waals surface area contributed by atoms with Crippen LogP contribution in [0.3, 0.4) is 0 Å². The first-order valence-electron chi connectivity index (χ1n) is 7.89. The Hall–Kier alpha value is -0.870. The van der Waals surface area contributed by atoms with Gasteiger partial charge in [-0.3, -0.25) is 0 Å². The molecule has 4 nitrogen and oxygen atoms in total. The Morgan fingerprint density at radius 1 is 1.38 bits per heavy atom. The molecule has 0 saturated heterocycles. The number of carboxylic acids is 1. The van der Waals surface area contributed by atoms with Gasteiger partial charge in [0.25, 0.3) is 0 Å². The van der Waals surface area contributed by atoms with Crippen LogP contribution < -0.4 is 0 Å². The monoisotopic (exact) mass is 294 g/mol. The number of carbonyl (C=O) groups is 1. The van der Waals surface area contributed by atoms with E-state index in [2.05, 4.69) is 20.8 Å². The van der Waals surface area contributed by atoms with Crippen molar-refractivity contribution < 1.29 is 19.7 Å². The number of hydrogen-bond donors (Lipinski definition) is 2. The van der Waals surface area contributed by atoms with Crippen LogP contribution in [0.25, 0.3) is 0 Å². The molecule has 1 spiro atoms. The lowest BCUT2D eigenvalue weighted by molar-refractivity contribution is -0.137. The normalized spacial score (nSPS) is 44.0. The fourth-order valence-electron chi connectivity index (χ4n) is 5.88. The van der Waals surface area contributed by atoms with E-state index < -0.39 is 11.6 Å². The molecular formula is C17H26O4. The Bertz CT molecular complexity index is 521. The first-order valence-corrected chi connectivity index (χ1v) is 7.89. The zero-order chi connectivity index (χ0) is 15.6. The molecule has 21 heavy (non-hydrogen) atoms. The zero-order valence-electron chi connectivity index (χ0n) is 13.4. The highest BCUT2D eigenvalue weighted by Gasteiger charge is 2.69. The zero-order valence-corrected chi connectivity index (χ0v) is 13.4. The molecule has 0 amide bonds. The largest absolute Gasteiger partial charge is 0.478 e. The molecule has 0 aliphatic heterocycles. The molecule has 3 aliphatic carbocycles. The van der Waals surface area contributed by atoms with Crippen LogP contribution in [0.15, 0.2) is 11.1 Å². The van der Waals surface area contributed by atoms with Crippen molar-refractivity contribution in [1.29, 1.82) is 0 Å². The summed E-state index contributed by atoms with van der Waals surface area (Å²) in [5.74, 6) is -0.0383. The maximum Gasteiger partial charge on any atom is 0.334 e. The van der Waals surface area contributed by atoms with E-state index in [4.69, 9.17) is 4.74 Å². The Kier molecular flexibility index (Phi) is 3.10. The number of hydrogen-bond acceptors (Lipinski definition) is 3. The first kappa shape index (κ1) is 15.0. The second-order valence-corrected chi connectivity index (χ2v) is 7.87.